The summed E-state index contributed by atoms with van der Waals surface area (Å²) in [5.41, 5.74) is 4.89. The van der Waals surface area contributed by atoms with Gasteiger partial charge in [0.15, 0.2) is 0 Å². The van der Waals surface area contributed by atoms with Crippen LogP contribution in [0.5, 0.6) is 5.75 Å². The maximum atomic E-state index is 13.2. The van der Waals surface area contributed by atoms with Crippen molar-refractivity contribution in [2.45, 2.75) is 51.0 Å². The van der Waals surface area contributed by atoms with Gasteiger partial charge < -0.3 is 14.7 Å². The second-order valence-electron chi connectivity index (χ2n) is 8.56. The van der Waals surface area contributed by atoms with E-state index >= 15 is 0 Å². The monoisotopic (exact) mass is 417 g/mol. The van der Waals surface area contributed by atoms with E-state index in [1.165, 1.54) is 0 Å². The number of carbonyl (C=O) groups excluding carboxylic acids is 1. The van der Waals surface area contributed by atoms with Crippen LogP contribution in [0, 0.1) is 0 Å². The second-order valence-corrected chi connectivity index (χ2v) is 8.56. The molecule has 2 aliphatic rings. The van der Waals surface area contributed by atoms with Crippen molar-refractivity contribution in [3.8, 4) is 16.9 Å². The molecular formula is C25H27N3O3. The molecule has 1 aromatic heterocycles. The topological polar surface area (TPSA) is 67.6 Å². The second kappa shape index (κ2) is 8.19. The number of hydrogen-bond acceptors (Lipinski definition) is 4. The summed E-state index contributed by atoms with van der Waals surface area (Å²) in [6.07, 6.45) is 6.80. The van der Waals surface area contributed by atoms with Crippen LogP contribution in [0.3, 0.4) is 0 Å². The van der Waals surface area contributed by atoms with Gasteiger partial charge in [-0.3, -0.25) is 9.48 Å². The van der Waals surface area contributed by atoms with Crippen LogP contribution in [0.4, 0.5) is 0 Å². The van der Waals surface area contributed by atoms with Crippen LogP contribution in [-0.2, 0) is 20.1 Å². The Labute approximate surface area is 182 Å². The number of carbonyl (C=O) groups is 1. The fourth-order valence-electron chi connectivity index (χ4n) is 4.58. The first kappa shape index (κ1) is 19.8. The Morgan fingerprint density at radius 2 is 1.90 bits per heavy atom. The number of rotatable bonds is 5. The number of amides is 1. The van der Waals surface area contributed by atoms with Crippen molar-refractivity contribution in [2.24, 2.45) is 7.05 Å². The van der Waals surface area contributed by atoms with E-state index in [4.69, 9.17) is 4.74 Å². The quantitative estimate of drug-likeness (QED) is 0.683. The number of aliphatic hydroxyl groups is 1. The van der Waals surface area contributed by atoms with E-state index in [-0.39, 0.29) is 12.0 Å². The molecule has 6 heteroatoms. The van der Waals surface area contributed by atoms with Crippen LogP contribution >= 0.6 is 0 Å². The molecule has 1 fully saturated rings. The molecule has 0 radical (unpaired) electrons. The van der Waals surface area contributed by atoms with Gasteiger partial charge in [-0.2, -0.15) is 5.10 Å². The Kier molecular flexibility index (Phi) is 5.24. The molecule has 0 saturated heterocycles. The van der Waals surface area contributed by atoms with E-state index in [0.717, 1.165) is 47.9 Å². The lowest BCUT2D eigenvalue weighted by molar-refractivity contribution is 0.00636. The lowest BCUT2D eigenvalue weighted by Crippen LogP contribution is -2.35. The molecule has 1 saturated carbocycles. The van der Waals surface area contributed by atoms with Gasteiger partial charge in [0.2, 0.25) is 0 Å². The maximum absolute atomic E-state index is 13.2. The van der Waals surface area contributed by atoms with Crippen LogP contribution in [0.1, 0.15) is 47.2 Å². The summed E-state index contributed by atoms with van der Waals surface area (Å²) >= 11 is 0. The highest BCUT2D eigenvalue weighted by Crippen LogP contribution is 2.34. The van der Waals surface area contributed by atoms with Crippen molar-refractivity contribution in [2.75, 3.05) is 0 Å². The van der Waals surface area contributed by atoms with Crippen molar-refractivity contribution in [1.82, 2.24) is 14.7 Å². The van der Waals surface area contributed by atoms with Crippen LogP contribution in [0.25, 0.3) is 11.1 Å². The Bertz CT molecular complexity index is 1090. The predicted molar refractivity (Wildman–Crippen MR) is 118 cm³/mol. The molecule has 6 nitrogen and oxygen atoms in total. The minimum atomic E-state index is -0.462. The Hall–Kier alpha value is -3.12. The number of ether oxygens (including phenoxy) is 1. The zero-order valence-corrected chi connectivity index (χ0v) is 17.7. The SMILES string of the molecule is Cn1cc(-c2ccc(CN3Cc4cccc(O[C@@H]5CCCC[C@H]5O)c4C3=O)cc2)cn1. The summed E-state index contributed by atoms with van der Waals surface area (Å²) in [5.74, 6) is 0.593. The first-order valence-electron chi connectivity index (χ1n) is 10.9. The Morgan fingerprint density at radius 3 is 2.65 bits per heavy atom. The van der Waals surface area contributed by atoms with E-state index < -0.39 is 6.10 Å². The molecule has 31 heavy (non-hydrogen) atoms. The number of fused-ring (bicyclic) bond motifs is 1. The van der Waals surface area contributed by atoms with Gasteiger partial charge >= 0.3 is 0 Å². The highest BCUT2D eigenvalue weighted by molar-refractivity contribution is 6.01. The number of benzene rings is 2. The van der Waals surface area contributed by atoms with Crippen molar-refractivity contribution in [1.29, 1.82) is 0 Å². The van der Waals surface area contributed by atoms with Crippen LogP contribution in [0.15, 0.2) is 54.9 Å². The predicted octanol–water partition coefficient (Wildman–Crippen LogP) is 3.93. The van der Waals surface area contributed by atoms with E-state index in [9.17, 15) is 9.90 Å². The van der Waals surface area contributed by atoms with Gasteiger partial charge in [-0.1, -0.05) is 42.8 Å². The summed E-state index contributed by atoms with van der Waals surface area (Å²) in [4.78, 5) is 15.1. The first-order valence-corrected chi connectivity index (χ1v) is 10.9. The zero-order chi connectivity index (χ0) is 21.4. The molecular weight excluding hydrogens is 390 g/mol. The number of aliphatic hydroxyl groups excluding tert-OH is 1. The van der Waals surface area contributed by atoms with E-state index in [0.29, 0.717) is 24.4 Å². The van der Waals surface area contributed by atoms with Crippen LogP contribution < -0.4 is 4.74 Å². The third-order valence-electron chi connectivity index (χ3n) is 6.29. The number of aromatic nitrogens is 2. The van der Waals surface area contributed by atoms with Gasteiger partial charge in [-0.15, -0.1) is 0 Å². The Morgan fingerprint density at radius 1 is 1.10 bits per heavy atom. The molecule has 0 spiro atoms. The third kappa shape index (κ3) is 3.95. The molecule has 1 aliphatic heterocycles. The fourth-order valence-corrected chi connectivity index (χ4v) is 4.58. The van der Waals surface area contributed by atoms with Gasteiger partial charge in [0.1, 0.15) is 11.9 Å². The maximum Gasteiger partial charge on any atom is 0.258 e. The van der Waals surface area contributed by atoms with E-state index in [1.807, 2.05) is 42.5 Å². The summed E-state index contributed by atoms with van der Waals surface area (Å²) in [5, 5.41) is 14.5. The summed E-state index contributed by atoms with van der Waals surface area (Å²) in [6.45, 7) is 1.12. The number of hydrogen-bond donors (Lipinski definition) is 1. The van der Waals surface area contributed by atoms with E-state index in [2.05, 4.69) is 29.4 Å². The van der Waals surface area contributed by atoms with Crippen LogP contribution in [-0.4, -0.2) is 37.9 Å². The third-order valence-corrected chi connectivity index (χ3v) is 6.29. The molecule has 0 unspecified atom stereocenters. The molecule has 5 rings (SSSR count). The van der Waals surface area contributed by atoms with Crippen molar-refractivity contribution in [3.05, 3.63) is 71.5 Å². The van der Waals surface area contributed by atoms with Gasteiger partial charge in [0.25, 0.3) is 5.91 Å². The van der Waals surface area contributed by atoms with Gasteiger partial charge in [0.05, 0.1) is 17.9 Å². The van der Waals surface area contributed by atoms with Crippen molar-refractivity contribution >= 4 is 5.91 Å². The summed E-state index contributed by atoms with van der Waals surface area (Å²) in [7, 11) is 1.90. The smallest absolute Gasteiger partial charge is 0.258 e. The molecule has 2 aromatic carbocycles. The largest absolute Gasteiger partial charge is 0.487 e. The molecule has 1 amide bonds. The highest BCUT2D eigenvalue weighted by atomic mass is 16.5. The van der Waals surface area contributed by atoms with Gasteiger partial charge in [0, 0.05) is 31.9 Å². The fraction of sp³-hybridized carbons (Fsp3) is 0.360. The number of nitrogens with zero attached hydrogens (tertiary/aromatic N) is 3. The molecule has 1 N–H and O–H groups in total. The lowest BCUT2D eigenvalue weighted by atomic mass is 9.94. The molecule has 2 heterocycles. The summed E-state index contributed by atoms with van der Waals surface area (Å²) in [6, 6.07) is 14.0. The zero-order valence-electron chi connectivity index (χ0n) is 17.7. The molecule has 3 aromatic rings. The minimum absolute atomic E-state index is 0.00719. The molecule has 160 valence electrons. The highest BCUT2D eigenvalue weighted by Gasteiger charge is 2.33. The van der Waals surface area contributed by atoms with E-state index in [1.54, 1.807) is 4.68 Å². The minimum Gasteiger partial charge on any atom is -0.487 e. The average molecular weight is 418 g/mol. The Balaban J connectivity index is 1.31. The molecule has 2 atom stereocenters. The standard InChI is InChI=1S/C25H27N3O3/c1-27-15-20(13-26-27)18-11-9-17(10-12-18)14-28-16-19-5-4-8-23(24(19)25(28)30)31-22-7-3-2-6-21(22)29/h4-5,8-13,15,21-22,29H,2-3,6-7,14,16H2,1H3/t21-,22-/m1/s1. The summed E-state index contributed by atoms with van der Waals surface area (Å²) < 4.78 is 7.93. The first-order chi connectivity index (χ1) is 15.1. The normalized spacial score (nSPS) is 20.7. The number of aryl methyl sites for hydroxylation is 1. The van der Waals surface area contributed by atoms with Crippen molar-refractivity contribution < 1.29 is 14.6 Å². The van der Waals surface area contributed by atoms with Gasteiger partial charge in [-0.05, 0) is 42.0 Å². The lowest BCUT2D eigenvalue weighted by Gasteiger charge is -2.28. The van der Waals surface area contributed by atoms with Gasteiger partial charge in [-0.25, -0.2) is 0 Å². The van der Waals surface area contributed by atoms with Crippen LogP contribution in [0.2, 0.25) is 0 Å². The van der Waals surface area contributed by atoms with Crippen molar-refractivity contribution in [3.63, 3.8) is 0 Å². The molecule has 0 bridgehead atoms. The average Bonchev–Trinajstić information content (AvgIpc) is 3.34. The molecule has 1 aliphatic carbocycles.